The van der Waals surface area contributed by atoms with Crippen LogP contribution in [-0.4, -0.2) is 73.4 Å². The number of unbranched alkanes of at least 4 members (excludes halogenated alkanes) is 1. The van der Waals surface area contributed by atoms with Crippen molar-refractivity contribution in [3.8, 4) is 0 Å². The molecule has 0 aliphatic carbocycles. The van der Waals surface area contributed by atoms with Crippen LogP contribution in [0.1, 0.15) is 26.7 Å². The van der Waals surface area contributed by atoms with Crippen molar-refractivity contribution in [3.63, 3.8) is 0 Å². The fourth-order valence-corrected chi connectivity index (χ4v) is 2.31. The Kier molecular flexibility index (Phi) is 7.77. The van der Waals surface area contributed by atoms with Crippen molar-refractivity contribution in [3.05, 3.63) is 0 Å². The van der Waals surface area contributed by atoms with Crippen LogP contribution in [0.3, 0.4) is 0 Å². The lowest BCUT2D eigenvalue weighted by atomic mass is 10.2. The van der Waals surface area contributed by atoms with Gasteiger partial charge in [0, 0.05) is 39.3 Å². The molecule has 4 nitrogen and oxygen atoms in total. The van der Waals surface area contributed by atoms with Crippen LogP contribution in [0.2, 0.25) is 0 Å². The lowest BCUT2D eigenvalue weighted by molar-refractivity contribution is 0.0705. The third-order valence-electron chi connectivity index (χ3n) is 3.42. The largest absolute Gasteiger partial charge is 0.390 e. The summed E-state index contributed by atoms with van der Waals surface area (Å²) in [5.74, 6) is 0. The molecule has 4 heteroatoms. The van der Waals surface area contributed by atoms with Gasteiger partial charge in [-0.1, -0.05) is 20.3 Å². The quantitative estimate of drug-likeness (QED) is 0.646. The van der Waals surface area contributed by atoms with Crippen LogP contribution in [0.25, 0.3) is 0 Å². The third kappa shape index (κ3) is 6.36. The molecule has 2 N–H and O–H groups in total. The van der Waals surface area contributed by atoms with Crippen LogP contribution >= 0.6 is 0 Å². The molecule has 1 heterocycles. The Balaban J connectivity index is 2.18. The predicted molar refractivity (Wildman–Crippen MR) is 72.3 cm³/mol. The third-order valence-corrected chi connectivity index (χ3v) is 3.42. The average Bonchev–Trinajstić information content (AvgIpc) is 2.35. The molecule has 0 amide bonds. The minimum absolute atomic E-state index is 0.204. The first-order valence-corrected chi connectivity index (χ1v) is 7.09. The monoisotopic (exact) mass is 243 g/mol. The highest BCUT2D eigenvalue weighted by molar-refractivity contribution is 4.73. The summed E-state index contributed by atoms with van der Waals surface area (Å²) in [4.78, 5) is 4.71. The lowest BCUT2D eigenvalue weighted by Crippen LogP contribution is -2.48. The van der Waals surface area contributed by atoms with Crippen molar-refractivity contribution in [1.29, 1.82) is 0 Å². The molecule has 1 aliphatic rings. The van der Waals surface area contributed by atoms with Crippen LogP contribution in [-0.2, 0) is 0 Å². The lowest BCUT2D eigenvalue weighted by Gasteiger charge is -2.31. The van der Waals surface area contributed by atoms with Gasteiger partial charge in [0.25, 0.3) is 0 Å². The molecule has 1 rings (SSSR count). The van der Waals surface area contributed by atoms with Gasteiger partial charge < -0.3 is 15.3 Å². The van der Waals surface area contributed by atoms with E-state index < -0.39 is 0 Å². The zero-order valence-electron chi connectivity index (χ0n) is 11.5. The second kappa shape index (κ2) is 8.86. The van der Waals surface area contributed by atoms with Crippen LogP contribution < -0.4 is 5.32 Å². The number of aliphatic hydroxyl groups is 1. The van der Waals surface area contributed by atoms with Gasteiger partial charge in [0.15, 0.2) is 0 Å². The SMILES string of the molecule is CCCCN(CC)CC(O)CN1CCNCC1. The van der Waals surface area contributed by atoms with E-state index in [1.165, 1.54) is 12.8 Å². The number of nitrogens with one attached hydrogen (secondary N) is 1. The summed E-state index contributed by atoms with van der Waals surface area (Å²) in [6.45, 7) is 12.4. The average molecular weight is 243 g/mol. The number of hydrogen-bond donors (Lipinski definition) is 2. The van der Waals surface area contributed by atoms with Gasteiger partial charge in [-0.05, 0) is 19.5 Å². The zero-order chi connectivity index (χ0) is 12.5. The van der Waals surface area contributed by atoms with E-state index in [-0.39, 0.29) is 6.10 Å². The van der Waals surface area contributed by atoms with Crippen molar-refractivity contribution < 1.29 is 5.11 Å². The zero-order valence-corrected chi connectivity index (χ0v) is 11.5. The molecule has 17 heavy (non-hydrogen) atoms. The molecule has 0 bridgehead atoms. The predicted octanol–water partition coefficient (Wildman–Crippen LogP) is 0.375. The van der Waals surface area contributed by atoms with Crippen molar-refractivity contribution in [1.82, 2.24) is 15.1 Å². The van der Waals surface area contributed by atoms with Gasteiger partial charge in [-0.15, -0.1) is 0 Å². The fourth-order valence-electron chi connectivity index (χ4n) is 2.31. The topological polar surface area (TPSA) is 38.7 Å². The van der Waals surface area contributed by atoms with Gasteiger partial charge in [0.2, 0.25) is 0 Å². The van der Waals surface area contributed by atoms with Crippen molar-refractivity contribution in [2.24, 2.45) is 0 Å². The Morgan fingerprint density at radius 3 is 2.59 bits per heavy atom. The highest BCUT2D eigenvalue weighted by atomic mass is 16.3. The molecule has 0 radical (unpaired) electrons. The second-order valence-corrected chi connectivity index (χ2v) is 4.95. The first-order valence-electron chi connectivity index (χ1n) is 7.09. The summed E-state index contributed by atoms with van der Waals surface area (Å²) < 4.78 is 0. The van der Waals surface area contributed by atoms with Gasteiger partial charge >= 0.3 is 0 Å². The summed E-state index contributed by atoms with van der Waals surface area (Å²) in [5, 5.41) is 13.4. The van der Waals surface area contributed by atoms with E-state index in [4.69, 9.17) is 0 Å². The maximum atomic E-state index is 10.1. The summed E-state index contributed by atoms with van der Waals surface area (Å²) in [6.07, 6.45) is 2.25. The normalized spacial score (nSPS) is 19.8. The maximum absolute atomic E-state index is 10.1. The van der Waals surface area contributed by atoms with E-state index in [0.29, 0.717) is 0 Å². The number of piperazine rings is 1. The number of hydrogen-bond acceptors (Lipinski definition) is 4. The Labute approximate surface area is 106 Å². The van der Waals surface area contributed by atoms with E-state index in [1.54, 1.807) is 0 Å². The van der Waals surface area contributed by atoms with Gasteiger partial charge in [-0.25, -0.2) is 0 Å². The fraction of sp³-hybridized carbons (Fsp3) is 1.00. The Morgan fingerprint density at radius 1 is 1.29 bits per heavy atom. The molecule has 0 aromatic heterocycles. The van der Waals surface area contributed by atoms with Crippen molar-refractivity contribution in [2.75, 3.05) is 52.4 Å². The molecule has 102 valence electrons. The summed E-state index contributed by atoms with van der Waals surface area (Å²) in [6, 6.07) is 0. The molecule has 1 unspecified atom stereocenters. The van der Waals surface area contributed by atoms with Crippen LogP contribution in [0.4, 0.5) is 0 Å². The smallest absolute Gasteiger partial charge is 0.0793 e. The molecular weight excluding hydrogens is 214 g/mol. The number of β-amino-alcohol motifs (C(OH)–C–C–N with tert-alkyl or cyclic N) is 1. The van der Waals surface area contributed by atoms with E-state index in [2.05, 4.69) is 29.0 Å². The van der Waals surface area contributed by atoms with Crippen molar-refractivity contribution >= 4 is 0 Å². The van der Waals surface area contributed by atoms with E-state index in [9.17, 15) is 5.11 Å². The van der Waals surface area contributed by atoms with Gasteiger partial charge in [-0.3, -0.25) is 4.90 Å². The van der Waals surface area contributed by atoms with E-state index in [1.807, 2.05) is 0 Å². The highest BCUT2D eigenvalue weighted by Gasteiger charge is 2.16. The van der Waals surface area contributed by atoms with Crippen LogP contribution in [0, 0.1) is 0 Å². The highest BCUT2D eigenvalue weighted by Crippen LogP contribution is 2.00. The van der Waals surface area contributed by atoms with E-state index in [0.717, 1.165) is 52.4 Å². The minimum atomic E-state index is -0.204. The second-order valence-electron chi connectivity index (χ2n) is 4.95. The number of aliphatic hydroxyl groups excluding tert-OH is 1. The minimum Gasteiger partial charge on any atom is -0.390 e. The standard InChI is InChI=1S/C13H29N3O/c1-3-5-8-15(4-2)11-13(17)12-16-9-6-14-7-10-16/h13-14,17H,3-12H2,1-2H3. The van der Waals surface area contributed by atoms with Gasteiger partial charge in [0.05, 0.1) is 6.10 Å². The summed E-state index contributed by atoms with van der Waals surface area (Å²) in [7, 11) is 0. The molecule has 1 atom stereocenters. The number of rotatable bonds is 8. The molecule has 1 saturated heterocycles. The van der Waals surface area contributed by atoms with Gasteiger partial charge in [-0.2, -0.15) is 0 Å². The number of likely N-dealkylation sites (N-methyl/N-ethyl adjacent to an activating group) is 1. The Morgan fingerprint density at radius 2 is 2.00 bits per heavy atom. The molecule has 1 fully saturated rings. The first-order chi connectivity index (χ1) is 8.26. The molecule has 0 aromatic rings. The van der Waals surface area contributed by atoms with Crippen LogP contribution in [0.5, 0.6) is 0 Å². The molecule has 0 spiro atoms. The molecule has 0 saturated carbocycles. The van der Waals surface area contributed by atoms with E-state index >= 15 is 0 Å². The Bertz CT molecular complexity index is 184. The molecule has 1 aliphatic heterocycles. The summed E-state index contributed by atoms with van der Waals surface area (Å²) in [5.41, 5.74) is 0. The summed E-state index contributed by atoms with van der Waals surface area (Å²) >= 11 is 0. The van der Waals surface area contributed by atoms with Crippen LogP contribution in [0.15, 0.2) is 0 Å². The Hall–Kier alpha value is -0.160. The maximum Gasteiger partial charge on any atom is 0.0793 e. The molecule has 0 aromatic carbocycles. The van der Waals surface area contributed by atoms with Gasteiger partial charge in [0.1, 0.15) is 0 Å². The van der Waals surface area contributed by atoms with Crippen molar-refractivity contribution in [2.45, 2.75) is 32.8 Å². The number of nitrogens with zero attached hydrogens (tertiary/aromatic N) is 2. The first kappa shape index (κ1) is 14.9. The molecular formula is C13H29N3O.